The van der Waals surface area contributed by atoms with E-state index < -0.39 is 6.23 Å². The van der Waals surface area contributed by atoms with Crippen LogP contribution in [0.15, 0.2) is 53.7 Å². The van der Waals surface area contributed by atoms with Gasteiger partial charge in [0.05, 0.1) is 17.3 Å². The maximum atomic E-state index is 12.7. The van der Waals surface area contributed by atoms with E-state index in [1.807, 2.05) is 24.3 Å². The molecule has 0 aliphatic carbocycles. The molecule has 7 nitrogen and oxygen atoms in total. The molecule has 1 amide bonds. The summed E-state index contributed by atoms with van der Waals surface area (Å²) in [5.74, 6) is 1.48. The number of carbonyl (C=O) groups is 1. The molecule has 0 fully saturated rings. The summed E-state index contributed by atoms with van der Waals surface area (Å²) in [7, 11) is 0. The molecule has 0 N–H and O–H groups in total. The first-order valence-electron chi connectivity index (χ1n) is 9.91. The molecule has 8 heteroatoms. The van der Waals surface area contributed by atoms with E-state index >= 15 is 0 Å². The maximum Gasteiger partial charge on any atom is 0.247 e. The second-order valence-corrected chi connectivity index (χ2v) is 8.55. The summed E-state index contributed by atoms with van der Waals surface area (Å²) in [6.07, 6.45) is -0.757. The van der Waals surface area contributed by atoms with Crippen LogP contribution in [-0.2, 0) is 4.79 Å². The standard InChI is InChI=1S/C23H21N5O2S/c1-14(2)13-31-23-25-21-20(26-27-23)18-6-4-5-7-19(18)28(15(3)29)22(30-21)17-10-8-16(12-24)9-11-17/h4-11,14,22H,13H2,1-3H3. The molecule has 1 atom stereocenters. The van der Waals surface area contributed by atoms with E-state index in [4.69, 9.17) is 10.00 Å². The smallest absolute Gasteiger partial charge is 0.247 e. The quantitative estimate of drug-likeness (QED) is 0.557. The summed E-state index contributed by atoms with van der Waals surface area (Å²) >= 11 is 1.52. The minimum atomic E-state index is -0.757. The molecule has 0 bridgehead atoms. The van der Waals surface area contributed by atoms with Gasteiger partial charge in [-0.2, -0.15) is 10.2 Å². The average molecular weight is 432 g/mol. The second-order valence-electron chi connectivity index (χ2n) is 7.56. The Morgan fingerprint density at radius 1 is 1.19 bits per heavy atom. The van der Waals surface area contributed by atoms with Crippen LogP contribution in [0.4, 0.5) is 5.69 Å². The van der Waals surface area contributed by atoms with E-state index in [0.29, 0.717) is 33.9 Å². The van der Waals surface area contributed by atoms with Gasteiger partial charge in [-0.25, -0.2) is 0 Å². The first-order chi connectivity index (χ1) is 15.0. The van der Waals surface area contributed by atoms with Crippen LogP contribution in [0.25, 0.3) is 11.3 Å². The third-order valence-electron chi connectivity index (χ3n) is 4.72. The number of hydrogen-bond donors (Lipinski definition) is 0. The second kappa shape index (κ2) is 8.74. The Labute approximate surface area is 185 Å². The lowest BCUT2D eigenvalue weighted by atomic mass is 10.1. The van der Waals surface area contributed by atoms with Crippen LogP contribution in [0.3, 0.4) is 0 Å². The van der Waals surface area contributed by atoms with Crippen LogP contribution < -0.4 is 9.64 Å². The van der Waals surface area contributed by atoms with Crippen molar-refractivity contribution in [2.75, 3.05) is 10.7 Å². The van der Waals surface area contributed by atoms with Gasteiger partial charge in [0.25, 0.3) is 0 Å². The molecule has 2 heterocycles. The number of amides is 1. The van der Waals surface area contributed by atoms with Gasteiger partial charge < -0.3 is 4.74 Å². The lowest BCUT2D eigenvalue weighted by molar-refractivity contribution is -0.118. The predicted octanol–water partition coefficient (Wildman–Crippen LogP) is 4.60. The molecule has 3 aromatic rings. The Morgan fingerprint density at radius 2 is 1.94 bits per heavy atom. The van der Waals surface area contributed by atoms with Gasteiger partial charge in [0, 0.05) is 23.8 Å². The molecule has 1 unspecified atom stereocenters. The van der Waals surface area contributed by atoms with Gasteiger partial charge in [0.2, 0.25) is 23.2 Å². The summed E-state index contributed by atoms with van der Waals surface area (Å²) in [5.41, 5.74) is 3.15. The third-order valence-corrected chi connectivity index (χ3v) is 5.99. The molecule has 4 rings (SSSR count). The fraction of sp³-hybridized carbons (Fsp3) is 0.261. The number of ether oxygens (including phenoxy) is 1. The lowest BCUT2D eigenvalue weighted by Crippen LogP contribution is -2.36. The molecule has 1 aliphatic rings. The Balaban J connectivity index is 1.86. The fourth-order valence-corrected chi connectivity index (χ4v) is 4.02. The molecule has 1 aromatic heterocycles. The first-order valence-corrected chi connectivity index (χ1v) is 10.9. The van der Waals surface area contributed by atoms with Crippen LogP contribution in [0.2, 0.25) is 0 Å². The van der Waals surface area contributed by atoms with Crippen LogP contribution in [0.5, 0.6) is 5.88 Å². The molecule has 0 saturated heterocycles. The summed E-state index contributed by atoms with van der Waals surface area (Å²) in [5, 5.41) is 18.3. The maximum absolute atomic E-state index is 12.7. The number of anilines is 1. The molecule has 31 heavy (non-hydrogen) atoms. The highest BCUT2D eigenvalue weighted by Crippen LogP contribution is 2.43. The SMILES string of the molecule is CC(=O)N1c2ccccc2-c2nnc(SCC(C)C)nc2OC1c1ccc(C#N)cc1. The number of para-hydroxylation sites is 1. The van der Waals surface area contributed by atoms with Crippen molar-refractivity contribution in [3.63, 3.8) is 0 Å². The Bertz CT molecular complexity index is 1160. The predicted molar refractivity (Wildman–Crippen MR) is 119 cm³/mol. The monoisotopic (exact) mass is 431 g/mol. The largest absolute Gasteiger partial charge is 0.447 e. The zero-order valence-corrected chi connectivity index (χ0v) is 18.3. The van der Waals surface area contributed by atoms with Crippen molar-refractivity contribution in [1.29, 1.82) is 5.26 Å². The van der Waals surface area contributed by atoms with E-state index in [2.05, 4.69) is 35.1 Å². The molecule has 1 aliphatic heterocycles. The molecule has 156 valence electrons. The third kappa shape index (κ3) is 4.23. The van der Waals surface area contributed by atoms with Crippen molar-refractivity contribution >= 4 is 23.4 Å². The van der Waals surface area contributed by atoms with E-state index in [-0.39, 0.29) is 5.91 Å². The van der Waals surface area contributed by atoms with Gasteiger partial charge in [-0.3, -0.25) is 9.69 Å². The van der Waals surface area contributed by atoms with Crippen LogP contribution in [0, 0.1) is 17.2 Å². The summed E-state index contributed by atoms with van der Waals surface area (Å²) in [6, 6.07) is 16.6. The van der Waals surface area contributed by atoms with Crippen LogP contribution in [0.1, 0.15) is 38.1 Å². The number of carbonyl (C=O) groups excluding carboxylic acids is 1. The summed E-state index contributed by atoms with van der Waals surface area (Å²) in [4.78, 5) is 19.0. The number of benzene rings is 2. The van der Waals surface area contributed by atoms with Gasteiger partial charge in [-0.1, -0.05) is 55.9 Å². The van der Waals surface area contributed by atoms with E-state index in [1.54, 1.807) is 29.2 Å². The van der Waals surface area contributed by atoms with Gasteiger partial charge in [0.1, 0.15) is 0 Å². The zero-order chi connectivity index (χ0) is 22.0. The normalized spacial score (nSPS) is 14.8. The Kier molecular flexibility index (Phi) is 5.87. The Morgan fingerprint density at radius 3 is 2.61 bits per heavy atom. The molecule has 0 saturated carbocycles. The average Bonchev–Trinajstić information content (AvgIpc) is 2.92. The summed E-state index contributed by atoms with van der Waals surface area (Å²) in [6.45, 7) is 5.75. The van der Waals surface area contributed by atoms with E-state index in [0.717, 1.165) is 16.9 Å². The van der Waals surface area contributed by atoms with Crippen molar-refractivity contribution in [1.82, 2.24) is 15.2 Å². The van der Waals surface area contributed by atoms with Crippen LogP contribution >= 0.6 is 11.8 Å². The molecule has 0 spiro atoms. The minimum Gasteiger partial charge on any atom is -0.447 e. The lowest BCUT2D eigenvalue weighted by Gasteiger charge is -2.29. The summed E-state index contributed by atoms with van der Waals surface area (Å²) < 4.78 is 6.32. The van der Waals surface area contributed by atoms with Crippen LogP contribution in [-0.4, -0.2) is 26.8 Å². The zero-order valence-electron chi connectivity index (χ0n) is 17.4. The minimum absolute atomic E-state index is 0.183. The molecule has 2 aromatic carbocycles. The number of nitriles is 1. The Hall–Kier alpha value is -3.44. The van der Waals surface area contributed by atoms with E-state index in [9.17, 15) is 4.79 Å². The highest BCUT2D eigenvalue weighted by Gasteiger charge is 2.34. The first kappa shape index (κ1) is 20.8. The number of thioether (sulfide) groups is 1. The van der Waals surface area contributed by atoms with Gasteiger partial charge >= 0.3 is 0 Å². The van der Waals surface area contributed by atoms with Gasteiger partial charge in [-0.15, -0.1) is 10.2 Å². The van der Waals surface area contributed by atoms with Gasteiger partial charge in [-0.05, 0) is 24.1 Å². The van der Waals surface area contributed by atoms with E-state index in [1.165, 1.54) is 18.7 Å². The molecular formula is C23H21N5O2S. The van der Waals surface area contributed by atoms with Crippen molar-refractivity contribution < 1.29 is 9.53 Å². The number of fused-ring (bicyclic) bond motifs is 3. The van der Waals surface area contributed by atoms with Crippen molar-refractivity contribution in [2.24, 2.45) is 5.92 Å². The number of hydrogen-bond acceptors (Lipinski definition) is 7. The highest BCUT2D eigenvalue weighted by atomic mass is 32.2. The fourth-order valence-electron chi connectivity index (χ4n) is 3.29. The molecular weight excluding hydrogens is 410 g/mol. The van der Waals surface area contributed by atoms with Gasteiger partial charge in [0.15, 0.2) is 5.69 Å². The van der Waals surface area contributed by atoms with Crippen molar-refractivity contribution in [3.8, 4) is 23.2 Å². The van der Waals surface area contributed by atoms with Crippen molar-refractivity contribution in [3.05, 3.63) is 59.7 Å². The topological polar surface area (TPSA) is 92.0 Å². The molecule has 0 radical (unpaired) electrons. The highest BCUT2D eigenvalue weighted by molar-refractivity contribution is 7.99. The number of rotatable bonds is 4. The number of aromatic nitrogens is 3. The number of nitrogens with zero attached hydrogens (tertiary/aromatic N) is 5. The van der Waals surface area contributed by atoms with Crippen molar-refractivity contribution in [2.45, 2.75) is 32.2 Å².